The van der Waals surface area contributed by atoms with E-state index < -0.39 is 0 Å². The Balaban J connectivity index is 1.97. The van der Waals surface area contributed by atoms with Gasteiger partial charge in [0.2, 0.25) is 5.95 Å². The maximum Gasteiger partial charge on any atom is 0.257 e. The van der Waals surface area contributed by atoms with Crippen molar-refractivity contribution >= 4 is 5.95 Å². The lowest BCUT2D eigenvalue weighted by atomic mass is 10.4. The standard InChI is InChI=1S/C12H15N9/c1-3-14-11-17-9(6-10-15-4-5-20(10)2)18-12(19-11)21-8-13-7-16-21/h4-5,7-8H,3,6H2,1-2H3,(H,14,17,18,19). The lowest BCUT2D eigenvalue weighted by Gasteiger charge is -2.07. The van der Waals surface area contributed by atoms with Gasteiger partial charge in [0.25, 0.3) is 5.95 Å². The van der Waals surface area contributed by atoms with Crippen molar-refractivity contribution in [1.82, 2.24) is 39.3 Å². The van der Waals surface area contributed by atoms with Gasteiger partial charge in [0, 0.05) is 26.0 Å². The number of hydrogen-bond donors (Lipinski definition) is 1. The van der Waals surface area contributed by atoms with Gasteiger partial charge in [0.05, 0.1) is 6.42 Å². The molecule has 21 heavy (non-hydrogen) atoms. The summed E-state index contributed by atoms with van der Waals surface area (Å²) in [4.78, 5) is 21.3. The topological polar surface area (TPSA) is 99.2 Å². The average molecular weight is 285 g/mol. The second-order valence-corrected chi connectivity index (χ2v) is 4.38. The van der Waals surface area contributed by atoms with Gasteiger partial charge >= 0.3 is 0 Å². The third-order valence-corrected chi connectivity index (χ3v) is 2.87. The van der Waals surface area contributed by atoms with Crippen molar-refractivity contribution < 1.29 is 0 Å². The van der Waals surface area contributed by atoms with E-state index in [1.165, 1.54) is 11.0 Å². The van der Waals surface area contributed by atoms with Crippen molar-refractivity contribution in [3.63, 3.8) is 0 Å². The SMILES string of the molecule is CCNc1nc(Cc2nccn2C)nc(-n2cncn2)n1. The molecule has 0 unspecified atom stereocenters. The predicted molar refractivity (Wildman–Crippen MR) is 74.9 cm³/mol. The second kappa shape index (κ2) is 5.65. The largest absolute Gasteiger partial charge is 0.354 e. The first kappa shape index (κ1) is 13.2. The smallest absolute Gasteiger partial charge is 0.257 e. The maximum absolute atomic E-state index is 4.42. The molecule has 0 saturated heterocycles. The molecule has 0 saturated carbocycles. The van der Waals surface area contributed by atoms with Crippen LogP contribution in [0.2, 0.25) is 0 Å². The molecule has 0 radical (unpaired) electrons. The van der Waals surface area contributed by atoms with E-state index in [4.69, 9.17) is 0 Å². The first-order chi connectivity index (χ1) is 10.3. The molecule has 3 aromatic rings. The Morgan fingerprint density at radius 2 is 2.14 bits per heavy atom. The number of aryl methyl sites for hydroxylation is 1. The summed E-state index contributed by atoms with van der Waals surface area (Å²) >= 11 is 0. The molecule has 108 valence electrons. The molecule has 3 heterocycles. The fourth-order valence-corrected chi connectivity index (χ4v) is 1.85. The molecule has 0 aliphatic carbocycles. The minimum absolute atomic E-state index is 0.433. The lowest BCUT2D eigenvalue weighted by molar-refractivity contribution is 0.748. The van der Waals surface area contributed by atoms with Gasteiger partial charge in [-0.15, -0.1) is 0 Å². The van der Waals surface area contributed by atoms with Gasteiger partial charge in [-0.05, 0) is 6.92 Å². The van der Waals surface area contributed by atoms with Crippen LogP contribution in [-0.2, 0) is 13.5 Å². The van der Waals surface area contributed by atoms with Crippen molar-refractivity contribution in [3.05, 3.63) is 36.7 Å². The highest BCUT2D eigenvalue weighted by Gasteiger charge is 2.11. The van der Waals surface area contributed by atoms with Crippen LogP contribution in [0.3, 0.4) is 0 Å². The summed E-state index contributed by atoms with van der Waals surface area (Å²) in [5.74, 6) is 2.46. The Morgan fingerprint density at radius 3 is 2.81 bits per heavy atom. The zero-order chi connectivity index (χ0) is 14.7. The molecule has 0 aromatic carbocycles. The lowest BCUT2D eigenvalue weighted by Crippen LogP contribution is -2.13. The van der Waals surface area contributed by atoms with Crippen molar-refractivity contribution in [1.29, 1.82) is 0 Å². The van der Waals surface area contributed by atoms with E-state index in [2.05, 4.69) is 35.3 Å². The highest BCUT2D eigenvalue weighted by Crippen LogP contribution is 2.08. The number of aromatic nitrogens is 8. The summed E-state index contributed by atoms with van der Waals surface area (Å²) in [5, 5.41) is 7.14. The molecule has 0 aliphatic heterocycles. The van der Waals surface area contributed by atoms with Gasteiger partial charge < -0.3 is 9.88 Å². The molecule has 3 aromatic heterocycles. The molecule has 0 bridgehead atoms. The van der Waals surface area contributed by atoms with Gasteiger partial charge in [0.1, 0.15) is 24.3 Å². The summed E-state index contributed by atoms with van der Waals surface area (Å²) in [7, 11) is 1.94. The van der Waals surface area contributed by atoms with E-state index in [9.17, 15) is 0 Å². The Labute approximate surface area is 121 Å². The van der Waals surface area contributed by atoms with Crippen molar-refractivity contribution in [2.75, 3.05) is 11.9 Å². The Morgan fingerprint density at radius 1 is 1.24 bits per heavy atom. The first-order valence-electron chi connectivity index (χ1n) is 6.56. The maximum atomic E-state index is 4.42. The molecule has 0 aliphatic rings. The van der Waals surface area contributed by atoms with Gasteiger partial charge in [-0.25, -0.2) is 9.97 Å². The normalized spacial score (nSPS) is 10.8. The van der Waals surface area contributed by atoms with E-state index >= 15 is 0 Å². The number of anilines is 1. The number of rotatable bonds is 5. The highest BCUT2D eigenvalue weighted by atomic mass is 15.4. The summed E-state index contributed by atoms with van der Waals surface area (Å²) in [5.41, 5.74) is 0. The predicted octanol–water partition coefficient (Wildman–Crippen LogP) is 0.208. The summed E-state index contributed by atoms with van der Waals surface area (Å²) in [6, 6.07) is 0. The van der Waals surface area contributed by atoms with Crippen molar-refractivity contribution in [2.24, 2.45) is 7.05 Å². The summed E-state index contributed by atoms with van der Waals surface area (Å²) < 4.78 is 3.44. The monoisotopic (exact) mass is 285 g/mol. The number of nitrogens with zero attached hydrogens (tertiary/aromatic N) is 8. The van der Waals surface area contributed by atoms with Crippen LogP contribution < -0.4 is 5.32 Å². The molecule has 0 fully saturated rings. The Kier molecular flexibility index (Phi) is 3.54. The molecule has 0 atom stereocenters. The third-order valence-electron chi connectivity index (χ3n) is 2.87. The van der Waals surface area contributed by atoms with E-state index in [0.717, 1.165) is 12.4 Å². The number of imidazole rings is 1. The molecule has 3 rings (SSSR count). The van der Waals surface area contributed by atoms with E-state index in [1.54, 1.807) is 12.5 Å². The fraction of sp³-hybridized carbons (Fsp3) is 0.333. The zero-order valence-corrected chi connectivity index (χ0v) is 11.8. The average Bonchev–Trinajstić information content (AvgIpc) is 3.12. The van der Waals surface area contributed by atoms with Crippen molar-refractivity contribution in [3.8, 4) is 5.95 Å². The minimum atomic E-state index is 0.433. The molecule has 0 spiro atoms. The number of hydrogen-bond acceptors (Lipinski definition) is 7. The van der Waals surface area contributed by atoms with Crippen LogP contribution in [0.4, 0.5) is 5.95 Å². The van der Waals surface area contributed by atoms with Crippen molar-refractivity contribution in [2.45, 2.75) is 13.3 Å². The molecule has 1 N–H and O–H groups in total. The minimum Gasteiger partial charge on any atom is -0.354 e. The highest BCUT2D eigenvalue weighted by molar-refractivity contribution is 5.28. The molecule has 9 heteroatoms. The number of nitrogens with one attached hydrogen (secondary N) is 1. The molecule has 0 amide bonds. The van der Waals surface area contributed by atoms with E-state index in [1.807, 2.05) is 24.7 Å². The van der Waals surface area contributed by atoms with E-state index in [-0.39, 0.29) is 0 Å². The van der Waals surface area contributed by atoms with Crippen LogP contribution >= 0.6 is 0 Å². The molecular formula is C12H15N9. The molecular weight excluding hydrogens is 270 g/mol. The van der Waals surface area contributed by atoms with Gasteiger partial charge in [-0.1, -0.05) is 0 Å². The fourth-order valence-electron chi connectivity index (χ4n) is 1.85. The van der Waals surface area contributed by atoms with Crippen LogP contribution in [0.25, 0.3) is 5.95 Å². The Bertz CT molecular complexity index is 716. The quantitative estimate of drug-likeness (QED) is 0.715. The Hall–Kier alpha value is -2.84. The van der Waals surface area contributed by atoms with Crippen LogP contribution in [0.1, 0.15) is 18.6 Å². The van der Waals surface area contributed by atoms with Crippen LogP contribution in [0.15, 0.2) is 25.0 Å². The zero-order valence-electron chi connectivity index (χ0n) is 11.8. The third kappa shape index (κ3) is 2.86. The second-order valence-electron chi connectivity index (χ2n) is 4.38. The van der Waals surface area contributed by atoms with Gasteiger partial charge in [-0.3, -0.25) is 0 Å². The van der Waals surface area contributed by atoms with Gasteiger partial charge in [-0.2, -0.15) is 24.7 Å². The first-order valence-corrected chi connectivity index (χ1v) is 6.56. The van der Waals surface area contributed by atoms with Crippen LogP contribution in [0.5, 0.6) is 0 Å². The van der Waals surface area contributed by atoms with Gasteiger partial charge in [0.15, 0.2) is 0 Å². The molecule has 9 nitrogen and oxygen atoms in total. The van der Waals surface area contributed by atoms with Crippen LogP contribution in [-0.4, -0.2) is 45.8 Å². The van der Waals surface area contributed by atoms with Crippen LogP contribution in [0, 0.1) is 0 Å². The summed E-state index contributed by atoms with van der Waals surface area (Å²) in [6.45, 7) is 2.71. The summed E-state index contributed by atoms with van der Waals surface area (Å²) in [6.07, 6.45) is 7.15. The van der Waals surface area contributed by atoms with E-state index in [0.29, 0.717) is 24.1 Å².